The van der Waals surface area contributed by atoms with E-state index in [0.717, 1.165) is 5.56 Å². The van der Waals surface area contributed by atoms with Gasteiger partial charge in [0, 0.05) is 11.4 Å². The second-order valence-electron chi connectivity index (χ2n) is 6.29. The molecular formula is C15H22ClNO2S. The molecule has 5 heteroatoms. The normalized spacial score (nSPS) is 26.8. The molecule has 0 aromatic heterocycles. The van der Waals surface area contributed by atoms with E-state index in [-0.39, 0.29) is 28.5 Å². The quantitative estimate of drug-likeness (QED) is 0.849. The standard InChI is InChI=1S/C15H22ClNO2S/c1-11(12-7-5-4-6-8-12)10-20(18,19)17-14-9-13(16)15(14,2)3/h4-8,11,13-14,17H,9-10H2,1-3H3. The van der Waals surface area contributed by atoms with E-state index in [9.17, 15) is 8.42 Å². The van der Waals surface area contributed by atoms with Gasteiger partial charge in [-0.25, -0.2) is 13.1 Å². The van der Waals surface area contributed by atoms with Crippen molar-refractivity contribution < 1.29 is 8.42 Å². The molecule has 3 atom stereocenters. The SMILES string of the molecule is CC(CS(=O)(=O)NC1CC(Cl)C1(C)C)c1ccccc1. The van der Waals surface area contributed by atoms with Crippen molar-refractivity contribution in [1.82, 2.24) is 4.72 Å². The molecule has 1 aliphatic carbocycles. The lowest BCUT2D eigenvalue weighted by Gasteiger charge is -2.49. The Morgan fingerprint density at radius 3 is 2.45 bits per heavy atom. The zero-order chi connectivity index (χ0) is 15.0. The molecule has 2 rings (SSSR count). The van der Waals surface area contributed by atoms with Gasteiger partial charge in [-0.3, -0.25) is 0 Å². The van der Waals surface area contributed by atoms with Crippen LogP contribution in [-0.2, 0) is 10.0 Å². The van der Waals surface area contributed by atoms with E-state index in [2.05, 4.69) is 4.72 Å². The van der Waals surface area contributed by atoms with Crippen molar-refractivity contribution in [2.24, 2.45) is 5.41 Å². The average Bonchev–Trinajstić information content (AvgIpc) is 2.38. The lowest BCUT2D eigenvalue weighted by molar-refractivity contribution is 0.137. The number of halogens is 1. The second kappa shape index (κ2) is 5.66. The lowest BCUT2D eigenvalue weighted by atomic mass is 9.67. The molecular weight excluding hydrogens is 294 g/mol. The van der Waals surface area contributed by atoms with Crippen LogP contribution in [0.2, 0.25) is 0 Å². The second-order valence-corrected chi connectivity index (χ2v) is 8.61. The van der Waals surface area contributed by atoms with Gasteiger partial charge in [-0.2, -0.15) is 0 Å². The minimum absolute atomic E-state index is 0.0244. The highest BCUT2D eigenvalue weighted by molar-refractivity contribution is 7.89. The molecule has 3 nitrogen and oxygen atoms in total. The first-order chi connectivity index (χ1) is 9.22. The van der Waals surface area contributed by atoms with Gasteiger partial charge in [0.15, 0.2) is 0 Å². The highest BCUT2D eigenvalue weighted by atomic mass is 35.5. The van der Waals surface area contributed by atoms with Gasteiger partial charge in [-0.1, -0.05) is 51.1 Å². The van der Waals surface area contributed by atoms with E-state index >= 15 is 0 Å². The number of hydrogen-bond acceptors (Lipinski definition) is 2. The Morgan fingerprint density at radius 1 is 1.35 bits per heavy atom. The molecule has 112 valence electrons. The van der Waals surface area contributed by atoms with Gasteiger partial charge in [0.25, 0.3) is 0 Å². The molecule has 0 radical (unpaired) electrons. The molecule has 0 spiro atoms. The molecule has 1 saturated carbocycles. The van der Waals surface area contributed by atoms with Crippen LogP contribution < -0.4 is 4.72 Å². The van der Waals surface area contributed by atoms with Crippen LogP contribution in [0.1, 0.15) is 38.7 Å². The lowest BCUT2D eigenvalue weighted by Crippen LogP contribution is -2.59. The number of sulfonamides is 1. The summed E-state index contributed by atoms with van der Waals surface area (Å²) in [6.45, 7) is 5.94. The van der Waals surface area contributed by atoms with Crippen LogP contribution in [-0.4, -0.2) is 25.6 Å². The Kier molecular flexibility index (Phi) is 4.47. The summed E-state index contributed by atoms with van der Waals surface area (Å²) in [6, 6.07) is 9.65. The number of hydrogen-bond donors (Lipinski definition) is 1. The summed E-state index contributed by atoms with van der Waals surface area (Å²) in [7, 11) is -3.29. The van der Waals surface area contributed by atoms with Crippen molar-refractivity contribution in [3.05, 3.63) is 35.9 Å². The minimum Gasteiger partial charge on any atom is -0.212 e. The van der Waals surface area contributed by atoms with E-state index in [4.69, 9.17) is 11.6 Å². The van der Waals surface area contributed by atoms with Gasteiger partial charge in [0.2, 0.25) is 10.0 Å². The Hall–Kier alpha value is -0.580. The summed E-state index contributed by atoms with van der Waals surface area (Å²) in [5, 5.41) is 0.0433. The molecule has 0 bridgehead atoms. The van der Waals surface area contributed by atoms with Crippen molar-refractivity contribution in [3.63, 3.8) is 0 Å². The molecule has 0 amide bonds. The summed E-state index contributed by atoms with van der Waals surface area (Å²) < 4.78 is 27.3. The largest absolute Gasteiger partial charge is 0.212 e. The van der Waals surface area contributed by atoms with Crippen LogP contribution in [0.15, 0.2) is 30.3 Å². The first-order valence-corrected chi connectivity index (χ1v) is 9.00. The maximum absolute atomic E-state index is 12.3. The van der Waals surface area contributed by atoms with Crippen LogP contribution in [0.5, 0.6) is 0 Å². The maximum atomic E-state index is 12.3. The van der Waals surface area contributed by atoms with E-state index in [1.807, 2.05) is 51.1 Å². The van der Waals surface area contributed by atoms with Gasteiger partial charge >= 0.3 is 0 Å². The van der Waals surface area contributed by atoms with Crippen LogP contribution >= 0.6 is 11.6 Å². The summed E-state index contributed by atoms with van der Waals surface area (Å²) in [5.41, 5.74) is 0.867. The van der Waals surface area contributed by atoms with Gasteiger partial charge in [-0.05, 0) is 23.3 Å². The van der Waals surface area contributed by atoms with E-state index in [1.54, 1.807) is 0 Å². The molecule has 1 aliphatic rings. The van der Waals surface area contributed by atoms with Crippen LogP contribution in [0.25, 0.3) is 0 Å². The van der Waals surface area contributed by atoms with Gasteiger partial charge < -0.3 is 0 Å². The summed E-state index contributed by atoms with van der Waals surface area (Å²) >= 11 is 6.13. The van der Waals surface area contributed by atoms with E-state index in [0.29, 0.717) is 6.42 Å². The Morgan fingerprint density at radius 2 is 1.95 bits per heavy atom. The van der Waals surface area contributed by atoms with Gasteiger partial charge in [0.05, 0.1) is 5.75 Å². The number of rotatable bonds is 5. The van der Waals surface area contributed by atoms with Crippen LogP contribution in [0.3, 0.4) is 0 Å². The molecule has 0 saturated heterocycles. The molecule has 1 N–H and O–H groups in total. The third kappa shape index (κ3) is 3.35. The van der Waals surface area contributed by atoms with Gasteiger partial charge in [-0.15, -0.1) is 11.6 Å². The maximum Gasteiger partial charge on any atom is 0.212 e. The fraction of sp³-hybridized carbons (Fsp3) is 0.600. The molecule has 0 aliphatic heterocycles. The Balaban J connectivity index is 1.99. The molecule has 0 heterocycles. The van der Waals surface area contributed by atoms with Gasteiger partial charge in [0.1, 0.15) is 0 Å². The third-order valence-electron chi connectivity index (χ3n) is 4.31. The molecule has 1 aromatic rings. The molecule has 20 heavy (non-hydrogen) atoms. The Bertz CT molecular complexity index is 556. The summed E-state index contributed by atoms with van der Waals surface area (Å²) in [5.74, 6) is 0.0833. The van der Waals surface area contributed by atoms with Crippen molar-refractivity contribution in [3.8, 4) is 0 Å². The molecule has 3 unspecified atom stereocenters. The fourth-order valence-electron chi connectivity index (χ4n) is 2.54. The topological polar surface area (TPSA) is 46.2 Å². The minimum atomic E-state index is -3.29. The fourth-order valence-corrected chi connectivity index (χ4v) is 4.65. The van der Waals surface area contributed by atoms with Crippen molar-refractivity contribution >= 4 is 21.6 Å². The smallest absolute Gasteiger partial charge is 0.212 e. The average molecular weight is 316 g/mol. The molecule has 1 aromatic carbocycles. The summed E-state index contributed by atoms with van der Waals surface area (Å²) in [6.07, 6.45) is 0.702. The van der Waals surface area contributed by atoms with Crippen LogP contribution in [0.4, 0.5) is 0 Å². The highest BCUT2D eigenvalue weighted by Crippen LogP contribution is 2.44. The number of benzene rings is 1. The zero-order valence-corrected chi connectivity index (χ0v) is 13.7. The van der Waals surface area contributed by atoms with Crippen molar-refractivity contribution in [2.45, 2.75) is 44.5 Å². The van der Waals surface area contributed by atoms with E-state index < -0.39 is 10.0 Å². The van der Waals surface area contributed by atoms with Crippen LogP contribution in [0, 0.1) is 5.41 Å². The van der Waals surface area contributed by atoms with Crippen molar-refractivity contribution in [2.75, 3.05) is 5.75 Å². The monoisotopic (exact) mass is 315 g/mol. The Labute approximate surface area is 126 Å². The van der Waals surface area contributed by atoms with E-state index in [1.165, 1.54) is 0 Å². The highest BCUT2D eigenvalue weighted by Gasteiger charge is 2.48. The predicted octanol–water partition coefficient (Wildman–Crippen LogP) is 3.12. The zero-order valence-electron chi connectivity index (χ0n) is 12.1. The third-order valence-corrected chi connectivity index (χ3v) is 6.63. The van der Waals surface area contributed by atoms with Crippen molar-refractivity contribution in [1.29, 1.82) is 0 Å². The number of nitrogens with one attached hydrogen (secondary N) is 1. The summed E-state index contributed by atoms with van der Waals surface area (Å²) in [4.78, 5) is 0. The first-order valence-electron chi connectivity index (χ1n) is 6.91. The molecule has 1 fully saturated rings. The number of alkyl halides is 1. The first kappa shape index (κ1) is 15.8. The predicted molar refractivity (Wildman–Crippen MR) is 83.6 cm³/mol.